The topological polar surface area (TPSA) is 95.9 Å². The molecule has 3 aromatic heterocycles. The molecule has 0 aliphatic carbocycles. The van der Waals surface area contributed by atoms with E-state index in [1.807, 2.05) is 12.1 Å². The van der Waals surface area contributed by atoms with Gasteiger partial charge in [0.25, 0.3) is 0 Å². The van der Waals surface area contributed by atoms with E-state index in [1.54, 1.807) is 24.8 Å². The molecule has 168 valence electrons. The molecule has 1 aliphatic rings. The van der Waals surface area contributed by atoms with E-state index < -0.39 is 0 Å². The van der Waals surface area contributed by atoms with Crippen molar-refractivity contribution in [3.8, 4) is 11.3 Å². The monoisotopic (exact) mass is 433 g/mol. The summed E-state index contributed by atoms with van der Waals surface area (Å²) < 4.78 is 0. The molecule has 4 rings (SSSR count). The number of hydrogen-bond donors (Lipinski definition) is 2. The summed E-state index contributed by atoms with van der Waals surface area (Å²) >= 11 is 0. The maximum Gasteiger partial charge on any atom is 0.228 e. The lowest BCUT2D eigenvalue weighted by atomic mass is 9.95. The number of carbonyl (C=O) groups is 1. The molecule has 8 heteroatoms. The van der Waals surface area contributed by atoms with Crippen LogP contribution in [-0.4, -0.2) is 55.9 Å². The Balaban J connectivity index is 1.50. The van der Waals surface area contributed by atoms with Gasteiger partial charge in [-0.15, -0.1) is 0 Å². The van der Waals surface area contributed by atoms with Crippen LogP contribution < -0.4 is 10.6 Å². The third-order valence-electron chi connectivity index (χ3n) is 5.82. The smallest absolute Gasteiger partial charge is 0.228 e. The molecule has 0 unspecified atom stereocenters. The predicted octanol–water partition coefficient (Wildman–Crippen LogP) is 3.97. The summed E-state index contributed by atoms with van der Waals surface area (Å²) in [5, 5.41) is 7.17. The van der Waals surface area contributed by atoms with E-state index in [0.29, 0.717) is 11.9 Å². The summed E-state index contributed by atoms with van der Waals surface area (Å²) in [6.07, 6.45) is 8.65. The molecule has 1 aliphatic heterocycles. The van der Waals surface area contributed by atoms with Crippen molar-refractivity contribution < 1.29 is 4.79 Å². The first kappa shape index (κ1) is 22.1. The lowest BCUT2D eigenvalue weighted by molar-refractivity contribution is -0.121. The van der Waals surface area contributed by atoms with E-state index in [2.05, 4.69) is 63.2 Å². The SMILES string of the molecule is CC(C)Nc1cncc(-c2cnc3cnc(NC(=O)C4CCN(C(C)C)CC4)cc3c2)n1. The van der Waals surface area contributed by atoms with E-state index in [1.165, 1.54) is 0 Å². The molecule has 3 aromatic rings. The number of pyridine rings is 2. The molecule has 32 heavy (non-hydrogen) atoms. The summed E-state index contributed by atoms with van der Waals surface area (Å²) in [5.74, 6) is 1.35. The van der Waals surface area contributed by atoms with E-state index in [0.717, 1.165) is 53.9 Å². The first-order valence-corrected chi connectivity index (χ1v) is 11.3. The molecule has 0 aromatic carbocycles. The molecule has 1 fully saturated rings. The molecule has 0 spiro atoms. The van der Waals surface area contributed by atoms with Gasteiger partial charge in [-0.05, 0) is 65.8 Å². The Morgan fingerprint density at radius 2 is 1.78 bits per heavy atom. The molecule has 2 N–H and O–H groups in total. The fourth-order valence-corrected chi connectivity index (χ4v) is 4.02. The van der Waals surface area contributed by atoms with E-state index in [9.17, 15) is 4.79 Å². The standard InChI is InChI=1S/C24H31N7O/c1-15(2)28-23-14-25-12-21(29-23)19-9-18-10-22(27-13-20(18)26-11-19)30-24(32)17-5-7-31(8-6-17)16(3)4/h9-17H,5-8H2,1-4H3,(H,28,29)(H,27,30,32). The van der Waals surface area contributed by atoms with Gasteiger partial charge in [0.2, 0.25) is 5.91 Å². The fraction of sp³-hybridized carbons (Fsp3) is 0.458. The van der Waals surface area contributed by atoms with Crippen LogP contribution in [0.15, 0.2) is 36.9 Å². The van der Waals surface area contributed by atoms with Crippen LogP contribution in [-0.2, 0) is 4.79 Å². The van der Waals surface area contributed by atoms with Gasteiger partial charge in [0, 0.05) is 35.1 Å². The lowest BCUT2D eigenvalue weighted by Gasteiger charge is -2.33. The Bertz CT molecular complexity index is 1090. The third kappa shape index (κ3) is 5.19. The van der Waals surface area contributed by atoms with E-state index in [-0.39, 0.29) is 17.9 Å². The number of rotatable bonds is 6. The van der Waals surface area contributed by atoms with Gasteiger partial charge in [-0.2, -0.15) is 0 Å². The predicted molar refractivity (Wildman–Crippen MR) is 127 cm³/mol. The quantitative estimate of drug-likeness (QED) is 0.607. The average Bonchev–Trinajstić information content (AvgIpc) is 2.78. The Kier molecular flexibility index (Phi) is 6.60. The first-order chi connectivity index (χ1) is 15.4. The van der Waals surface area contributed by atoms with Gasteiger partial charge in [-0.1, -0.05) is 0 Å². The summed E-state index contributed by atoms with van der Waals surface area (Å²) in [6.45, 7) is 10.4. The molecule has 0 atom stereocenters. The van der Waals surface area contributed by atoms with Crippen molar-refractivity contribution in [2.24, 2.45) is 5.92 Å². The first-order valence-electron chi connectivity index (χ1n) is 11.3. The number of nitrogens with zero attached hydrogens (tertiary/aromatic N) is 5. The Morgan fingerprint density at radius 3 is 2.50 bits per heavy atom. The van der Waals surface area contributed by atoms with Crippen LogP contribution in [0.3, 0.4) is 0 Å². The largest absolute Gasteiger partial charge is 0.367 e. The zero-order valence-electron chi connectivity index (χ0n) is 19.2. The molecule has 0 saturated carbocycles. The summed E-state index contributed by atoms with van der Waals surface area (Å²) in [7, 11) is 0. The molecule has 1 saturated heterocycles. The highest BCUT2D eigenvalue weighted by molar-refractivity contribution is 5.94. The fourth-order valence-electron chi connectivity index (χ4n) is 4.02. The van der Waals surface area contributed by atoms with Crippen molar-refractivity contribution in [3.05, 3.63) is 36.9 Å². The maximum absolute atomic E-state index is 12.8. The van der Waals surface area contributed by atoms with E-state index in [4.69, 9.17) is 0 Å². The summed E-state index contributed by atoms with van der Waals surface area (Å²) in [4.78, 5) is 33.0. The van der Waals surface area contributed by atoms with Crippen LogP contribution in [0.25, 0.3) is 22.2 Å². The van der Waals surface area contributed by atoms with Crippen molar-refractivity contribution in [2.75, 3.05) is 23.7 Å². The van der Waals surface area contributed by atoms with Crippen LogP contribution in [0.4, 0.5) is 11.6 Å². The Morgan fingerprint density at radius 1 is 1.00 bits per heavy atom. The highest BCUT2D eigenvalue weighted by Gasteiger charge is 2.26. The average molecular weight is 434 g/mol. The van der Waals surface area contributed by atoms with Gasteiger partial charge in [-0.3, -0.25) is 14.8 Å². The molecule has 0 bridgehead atoms. The number of piperidine rings is 1. The van der Waals surface area contributed by atoms with Crippen molar-refractivity contribution >= 4 is 28.4 Å². The highest BCUT2D eigenvalue weighted by Crippen LogP contribution is 2.24. The van der Waals surface area contributed by atoms with Crippen LogP contribution in [0.1, 0.15) is 40.5 Å². The van der Waals surface area contributed by atoms with Crippen LogP contribution in [0, 0.1) is 5.92 Å². The third-order valence-corrected chi connectivity index (χ3v) is 5.82. The van der Waals surface area contributed by atoms with Crippen LogP contribution >= 0.6 is 0 Å². The Labute approximate surface area is 188 Å². The molecule has 8 nitrogen and oxygen atoms in total. The van der Waals surface area contributed by atoms with Gasteiger partial charge in [0.1, 0.15) is 11.6 Å². The summed E-state index contributed by atoms with van der Waals surface area (Å²) in [5.41, 5.74) is 2.37. The van der Waals surface area contributed by atoms with Crippen molar-refractivity contribution in [2.45, 2.75) is 52.6 Å². The van der Waals surface area contributed by atoms with Crippen molar-refractivity contribution in [1.82, 2.24) is 24.8 Å². The number of carbonyl (C=O) groups excluding carboxylic acids is 1. The minimum atomic E-state index is 0.0263. The molecular weight excluding hydrogens is 402 g/mol. The lowest BCUT2D eigenvalue weighted by Crippen LogP contribution is -2.41. The number of nitrogens with one attached hydrogen (secondary N) is 2. The molecule has 1 amide bonds. The maximum atomic E-state index is 12.8. The normalized spacial score (nSPS) is 15.4. The molecule has 0 radical (unpaired) electrons. The van der Waals surface area contributed by atoms with Gasteiger partial charge in [0.15, 0.2) is 0 Å². The number of amides is 1. The number of hydrogen-bond acceptors (Lipinski definition) is 7. The second kappa shape index (κ2) is 9.56. The number of aromatic nitrogens is 4. The highest BCUT2D eigenvalue weighted by atomic mass is 16.1. The number of fused-ring (bicyclic) bond motifs is 1. The van der Waals surface area contributed by atoms with Gasteiger partial charge >= 0.3 is 0 Å². The van der Waals surface area contributed by atoms with Crippen molar-refractivity contribution in [3.63, 3.8) is 0 Å². The minimum absolute atomic E-state index is 0.0263. The summed E-state index contributed by atoms with van der Waals surface area (Å²) in [6, 6.07) is 4.67. The number of likely N-dealkylation sites (tertiary alicyclic amines) is 1. The number of anilines is 2. The Hall–Kier alpha value is -3.13. The van der Waals surface area contributed by atoms with Crippen LogP contribution in [0.2, 0.25) is 0 Å². The zero-order chi connectivity index (χ0) is 22.7. The molecule has 4 heterocycles. The van der Waals surface area contributed by atoms with E-state index >= 15 is 0 Å². The van der Waals surface area contributed by atoms with Crippen LogP contribution in [0.5, 0.6) is 0 Å². The van der Waals surface area contributed by atoms with Crippen molar-refractivity contribution in [1.29, 1.82) is 0 Å². The van der Waals surface area contributed by atoms with Gasteiger partial charge in [0.05, 0.1) is 29.8 Å². The zero-order valence-corrected chi connectivity index (χ0v) is 19.2. The second-order valence-corrected chi connectivity index (χ2v) is 8.97. The second-order valence-electron chi connectivity index (χ2n) is 8.97. The molecular formula is C24H31N7O. The van der Waals surface area contributed by atoms with Gasteiger partial charge in [-0.25, -0.2) is 9.97 Å². The minimum Gasteiger partial charge on any atom is -0.367 e. The van der Waals surface area contributed by atoms with Gasteiger partial charge < -0.3 is 15.5 Å².